The summed E-state index contributed by atoms with van der Waals surface area (Å²) >= 11 is 2.04. The van der Waals surface area contributed by atoms with E-state index in [9.17, 15) is 4.79 Å². The Morgan fingerprint density at radius 2 is 1.96 bits per heavy atom. The van der Waals surface area contributed by atoms with Crippen LogP contribution in [0.15, 0.2) is 35.3 Å². The van der Waals surface area contributed by atoms with Crippen molar-refractivity contribution in [2.24, 2.45) is 4.99 Å². The second-order valence-corrected chi connectivity index (χ2v) is 6.90. The Bertz CT molecular complexity index is 507. The molecule has 1 saturated heterocycles. The molecular formula is C17H27IN4OS. The van der Waals surface area contributed by atoms with Crippen LogP contribution in [-0.2, 0) is 0 Å². The number of halogens is 1. The van der Waals surface area contributed by atoms with Gasteiger partial charge in [-0.15, -0.1) is 24.0 Å². The smallest absolute Gasteiger partial charge is 0.251 e. The van der Waals surface area contributed by atoms with E-state index < -0.39 is 0 Å². The van der Waals surface area contributed by atoms with Gasteiger partial charge in [0.25, 0.3) is 5.91 Å². The Balaban J connectivity index is 0.00000288. The van der Waals surface area contributed by atoms with Crippen LogP contribution in [0.4, 0.5) is 0 Å². The third kappa shape index (κ3) is 7.74. The predicted molar refractivity (Wildman–Crippen MR) is 114 cm³/mol. The number of hydrogen-bond acceptors (Lipinski definition) is 3. The van der Waals surface area contributed by atoms with Crippen LogP contribution >= 0.6 is 35.7 Å². The highest BCUT2D eigenvalue weighted by atomic mass is 127. The van der Waals surface area contributed by atoms with Crippen molar-refractivity contribution >= 4 is 47.6 Å². The summed E-state index contributed by atoms with van der Waals surface area (Å²) in [5.74, 6) is 2.10. The Labute approximate surface area is 165 Å². The molecule has 5 nitrogen and oxygen atoms in total. The van der Waals surface area contributed by atoms with Gasteiger partial charge in [0.1, 0.15) is 0 Å². The number of carbonyl (C=O) groups is 1. The topological polar surface area (TPSA) is 65.5 Å². The largest absolute Gasteiger partial charge is 0.356 e. The van der Waals surface area contributed by atoms with Crippen LogP contribution < -0.4 is 16.0 Å². The molecular weight excluding hydrogens is 435 g/mol. The summed E-state index contributed by atoms with van der Waals surface area (Å²) in [6, 6.07) is 9.29. The summed E-state index contributed by atoms with van der Waals surface area (Å²) in [7, 11) is 1.79. The van der Waals surface area contributed by atoms with Gasteiger partial charge in [-0.25, -0.2) is 0 Å². The number of rotatable bonds is 7. The van der Waals surface area contributed by atoms with E-state index >= 15 is 0 Å². The third-order valence-electron chi connectivity index (χ3n) is 3.71. The van der Waals surface area contributed by atoms with Crippen molar-refractivity contribution in [3.05, 3.63) is 35.9 Å². The van der Waals surface area contributed by atoms with E-state index in [2.05, 4.69) is 20.9 Å². The maximum atomic E-state index is 11.9. The van der Waals surface area contributed by atoms with E-state index in [-0.39, 0.29) is 29.9 Å². The lowest BCUT2D eigenvalue weighted by Gasteiger charge is -2.14. The average Bonchev–Trinajstić information content (AvgIpc) is 3.11. The van der Waals surface area contributed by atoms with E-state index in [1.54, 1.807) is 7.05 Å². The third-order valence-corrected chi connectivity index (χ3v) is 5.11. The first-order chi connectivity index (χ1) is 11.3. The lowest BCUT2D eigenvalue weighted by atomic mass is 10.2. The minimum Gasteiger partial charge on any atom is -0.356 e. The van der Waals surface area contributed by atoms with Crippen LogP contribution in [0.5, 0.6) is 0 Å². The fraction of sp³-hybridized carbons (Fsp3) is 0.529. The molecule has 0 bridgehead atoms. The minimum absolute atomic E-state index is 0. The number of benzene rings is 1. The first kappa shape index (κ1) is 21.1. The maximum absolute atomic E-state index is 11.9. The van der Waals surface area contributed by atoms with Crippen molar-refractivity contribution in [2.75, 3.05) is 32.4 Å². The van der Waals surface area contributed by atoms with E-state index in [0.717, 1.165) is 25.5 Å². The Hall–Kier alpha value is -0.960. The maximum Gasteiger partial charge on any atom is 0.251 e. The van der Waals surface area contributed by atoms with Crippen molar-refractivity contribution in [1.29, 1.82) is 0 Å². The molecule has 1 amide bonds. The zero-order valence-electron chi connectivity index (χ0n) is 14.1. The highest BCUT2D eigenvalue weighted by molar-refractivity contribution is 14.0. The standard InChI is InChI=1S/C17H26N4OS.HI/c1-18-17(21-13-15-9-5-12-23-15)20-11-6-10-19-16(22)14-7-3-2-4-8-14;/h2-4,7-8,15H,5-6,9-13H2,1H3,(H,19,22)(H2,18,20,21);1H. The van der Waals surface area contributed by atoms with Gasteiger partial charge in [0.2, 0.25) is 0 Å². The number of nitrogens with zero attached hydrogens (tertiary/aromatic N) is 1. The number of aliphatic imine (C=N–C) groups is 1. The van der Waals surface area contributed by atoms with E-state index in [1.807, 2.05) is 42.1 Å². The zero-order valence-corrected chi connectivity index (χ0v) is 17.2. The van der Waals surface area contributed by atoms with Crippen LogP contribution in [0.3, 0.4) is 0 Å². The van der Waals surface area contributed by atoms with Gasteiger partial charge < -0.3 is 16.0 Å². The Kier molecular flexibility index (Phi) is 10.9. The van der Waals surface area contributed by atoms with Crippen molar-refractivity contribution < 1.29 is 4.79 Å². The molecule has 7 heteroatoms. The van der Waals surface area contributed by atoms with Gasteiger partial charge in [-0.2, -0.15) is 11.8 Å². The SMILES string of the molecule is CN=C(NCCCNC(=O)c1ccccc1)NCC1CCCS1.I. The van der Waals surface area contributed by atoms with Crippen molar-refractivity contribution in [3.63, 3.8) is 0 Å². The van der Waals surface area contributed by atoms with Crippen molar-refractivity contribution in [1.82, 2.24) is 16.0 Å². The lowest BCUT2D eigenvalue weighted by molar-refractivity contribution is 0.0953. The molecule has 1 aliphatic rings. The molecule has 2 rings (SSSR count). The molecule has 0 aromatic heterocycles. The molecule has 1 unspecified atom stereocenters. The van der Waals surface area contributed by atoms with Gasteiger partial charge in [-0.3, -0.25) is 9.79 Å². The number of amides is 1. The molecule has 1 aliphatic heterocycles. The van der Waals surface area contributed by atoms with Gasteiger partial charge in [0.15, 0.2) is 5.96 Å². The van der Waals surface area contributed by atoms with Crippen molar-refractivity contribution in [2.45, 2.75) is 24.5 Å². The van der Waals surface area contributed by atoms with Crippen LogP contribution in [0, 0.1) is 0 Å². The highest BCUT2D eigenvalue weighted by Gasteiger charge is 2.15. The number of nitrogens with one attached hydrogen (secondary N) is 3. The summed E-state index contributed by atoms with van der Waals surface area (Å²) in [5.41, 5.74) is 0.701. The molecule has 1 aromatic rings. The van der Waals surface area contributed by atoms with Gasteiger partial charge in [0.05, 0.1) is 0 Å². The summed E-state index contributed by atoms with van der Waals surface area (Å²) < 4.78 is 0. The first-order valence-electron chi connectivity index (χ1n) is 8.19. The number of guanidine groups is 1. The molecule has 0 aliphatic carbocycles. The zero-order chi connectivity index (χ0) is 16.3. The first-order valence-corrected chi connectivity index (χ1v) is 9.24. The van der Waals surface area contributed by atoms with Gasteiger partial charge in [-0.05, 0) is 37.1 Å². The fourth-order valence-corrected chi connectivity index (χ4v) is 3.63. The second kappa shape index (κ2) is 12.4. The summed E-state index contributed by atoms with van der Waals surface area (Å²) in [6.45, 7) is 2.40. The lowest BCUT2D eigenvalue weighted by Crippen LogP contribution is -2.41. The molecule has 24 heavy (non-hydrogen) atoms. The quantitative estimate of drug-likeness (QED) is 0.252. The summed E-state index contributed by atoms with van der Waals surface area (Å²) in [5, 5.41) is 10.3. The molecule has 1 fully saturated rings. The van der Waals surface area contributed by atoms with E-state index in [1.165, 1.54) is 18.6 Å². The van der Waals surface area contributed by atoms with E-state index in [4.69, 9.17) is 0 Å². The monoisotopic (exact) mass is 462 g/mol. The van der Waals surface area contributed by atoms with Crippen LogP contribution in [0.2, 0.25) is 0 Å². The van der Waals surface area contributed by atoms with Crippen LogP contribution in [0.1, 0.15) is 29.6 Å². The molecule has 0 radical (unpaired) electrons. The number of carbonyl (C=O) groups excluding carboxylic acids is 1. The summed E-state index contributed by atoms with van der Waals surface area (Å²) in [6.07, 6.45) is 3.47. The number of thioether (sulfide) groups is 1. The molecule has 134 valence electrons. The minimum atomic E-state index is -0.0219. The van der Waals surface area contributed by atoms with Crippen LogP contribution in [-0.4, -0.2) is 49.6 Å². The Morgan fingerprint density at radius 3 is 2.62 bits per heavy atom. The van der Waals surface area contributed by atoms with Crippen molar-refractivity contribution in [3.8, 4) is 0 Å². The molecule has 1 atom stereocenters. The van der Waals surface area contributed by atoms with Gasteiger partial charge in [0, 0.05) is 37.5 Å². The number of hydrogen-bond donors (Lipinski definition) is 3. The molecule has 0 saturated carbocycles. The fourth-order valence-electron chi connectivity index (χ4n) is 2.43. The van der Waals surface area contributed by atoms with Gasteiger partial charge >= 0.3 is 0 Å². The summed E-state index contributed by atoms with van der Waals surface area (Å²) in [4.78, 5) is 16.1. The average molecular weight is 462 g/mol. The normalized spacial score (nSPS) is 17.0. The molecule has 3 N–H and O–H groups in total. The Morgan fingerprint density at radius 1 is 1.21 bits per heavy atom. The molecule has 1 heterocycles. The highest BCUT2D eigenvalue weighted by Crippen LogP contribution is 2.25. The predicted octanol–water partition coefficient (Wildman–Crippen LogP) is 2.49. The second-order valence-electron chi connectivity index (χ2n) is 5.49. The van der Waals surface area contributed by atoms with Crippen LogP contribution in [0.25, 0.3) is 0 Å². The molecule has 0 spiro atoms. The van der Waals surface area contributed by atoms with E-state index in [0.29, 0.717) is 17.4 Å². The molecule has 1 aromatic carbocycles. The van der Waals surface area contributed by atoms with Gasteiger partial charge in [-0.1, -0.05) is 18.2 Å².